The first-order chi connectivity index (χ1) is 9.54. The van der Waals surface area contributed by atoms with Gasteiger partial charge >= 0.3 is 6.09 Å². The Balaban J connectivity index is 2.29. The lowest BCUT2D eigenvalue weighted by Crippen LogP contribution is -2.42. The number of methoxy groups -OCH3 is 1. The van der Waals surface area contributed by atoms with Crippen molar-refractivity contribution in [3.05, 3.63) is 36.0 Å². The quantitative estimate of drug-likeness (QED) is 0.931. The number of likely N-dealkylation sites (N-methyl/N-ethyl adjacent to an activating group) is 1. The van der Waals surface area contributed by atoms with E-state index in [1.807, 2.05) is 30.5 Å². The summed E-state index contributed by atoms with van der Waals surface area (Å²) < 4.78 is 4.68. The number of H-pyrrole nitrogens is 1. The van der Waals surface area contributed by atoms with Gasteiger partial charge < -0.3 is 14.6 Å². The lowest BCUT2D eigenvalue weighted by atomic mass is 10.0. The number of ketones is 1. The van der Waals surface area contributed by atoms with E-state index < -0.39 is 12.1 Å². The fraction of sp³-hybridized carbons (Fsp3) is 0.333. The first-order valence-corrected chi connectivity index (χ1v) is 6.40. The van der Waals surface area contributed by atoms with E-state index in [2.05, 4.69) is 9.72 Å². The fourth-order valence-electron chi connectivity index (χ4n) is 2.33. The minimum atomic E-state index is -0.526. The van der Waals surface area contributed by atoms with Gasteiger partial charge in [-0.3, -0.25) is 4.79 Å². The number of aromatic nitrogens is 1. The van der Waals surface area contributed by atoms with E-state index in [0.29, 0.717) is 6.42 Å². The molecule has 2 aromatic rings. The number of nitrogens with one attached hydrogen (secondary N) is 1. The number of benzene rings is 1. The van der Waals surface area contributed by atoms with Crippen LogP contribution in [0.15, 0.2) is 30.5 Å². The molecule has 1 heterocycles. The highest BCUT2D eigenvalue weighted by atomic mass is 16.5. The van der Waals surface area contributed by atoms with Crippen molar-refractivity contribution in [3.63, 3.8) is 0 Å². The van der Waals surface area contributed by atoms with E-state index in [0.717, 1.165) is 16.5 Å². The van der Waals surface area contributed by atoms with Gasteiger partial charge in [0.1, 0.15) is 0 Å². The largest absolute Gasteiger partial charge is 0.453 e. The van der Waals surface area contributed by atoms with Crippen LogP contribution < -0.4 is 0 Å². The SMILES string of the molecule is COC(=O)N(C)[C@@H](Cc1c[nH]c2ccccc12)C(C)=O. The summed E-state index contributed by atoms with van der Waals surface area (Å²) in [6.07, 6.45) is 1.83. The van der Waals surface area contributed by atoms with Crippen molar-refractivity contribution in [2.75, 3.05) is 14.2 Å². The maximum Gasteiger partial charge on any atom is 0.409 e. The molecule has 0 aliphatic carbocycles. The molecule has 1 aromatic carbocycles. The normalized spacial score (nSPS) is 12.2. The van der Waals surface area contributed by atoms with Crippen molar-refractivity contribution in [2.45, 2.75) is 19.4 Å². The molecule has 0 aliphatic heterocycles. The van der Waals surface area contributed by atoms with Gasteiger partial charge in [-0.05, 0) is 18.6 Å². The number of carbonyl (C=O) groups excluding carboxylic acids is 2. The molecule has 1 amide bonds. The third-order valence-electron chi connectivity index (χ3n) is 3.49. The summed E-state index contributed by atoms with van der Waals surface area (Å²) in [4.78, 5) is 27.9. The average Bonchev–Trinajstić information content (AvgIpc) is 2.86. The zero-order valence-corrected chi connectivity index (χ0v) is 11.8. The lowest BCUT2D eigenvalue weighted by Gasteiger charge is -2.24. The summed E-state index contributed by atoms with van der Waals surface area (Å²) >= 11 is 0. The van der Waals surface area contributed by atoms with Crippen LogP contribution in [0, 0.1) is 0 Å². The number of aromatic amines is 1. The van der Waals surface area contributed by atoms with Gasteiger partial charge in [-0.15, -0.1) is 0 Å². The Kier molecular flexibility index (Phi) is 4.08. The monoisotopic (exact) mass is 274 g/mol. The van der Waals surface area contributed by atoms with Gasteiger partial charge in [-0.2, -0.15) is 0 Å². The molecule has 5 heteroatoms. The van der Waals surface area contributed by atoms with Crippen LogP contribution in [0.25, 0.3) is 10.9 Å². The van der Waals surface area contributed by atoms with E-state index in [4.69, 9.17) is 0 Å². The lowest BCUT2D eigenvalue weighted by molar-refractivity contribution is -0.121. The maximum atomic E-state index is 11.8. The molecule has 1 atom stereocenters. The van der Waals surface area contributed by atoms with Crippen molar-refractivity contribution in [1.82, 2.24) is 9.88 Å². The number of amides is 1. The molecule has 20 heavy (non-hydrogen) atoms. The van der Waals surface area contributed by atoms with Crippen LogP contribution in [-0.2, 0) is 16.0 Å². The molecule has 0 saturated heterocycles. The maximum absolute atomic E-state index is 11.8. The number of Topliss-reactive ketones (excluding diaryl/α,β-unsaturated/α-hetero) is 1. The molecule has 0 spiro atoms. The van der Waals surface area contributed by atoms with Crippen molar-refractivity contribution in [2.24, 2.45) is 0 Å². The fourth-order valence-corrected chi connectivity index (χ4v) is 2.33. The number of hydrogen-bond acceptors (Lipinski definition) is 3. The van der Waals surface area contributed by atoms with Gasteiger partial charge in [0.05, 0.1) is 13.2 Å². The number of rotatable bonds is 4. The summed E-state index contributed by atoms with van der Waals surface area (Å²) in [6, 6.07) is 7.35. The molecule has 0 saturated carbocycles. The predicted octanol–water partition coefficient (Wildman–Crippen LogP) is 2.37. The van der Waals surface area contributed by atoms with E-state index in [1.54, 1.807) is 7.05 Å². The number of para-hydroxylation sites is 1. The molecule has 1 aromatic heterocycles. The molecule has 0 aliphatic rings. The van der Waals surface area contributed by atoms with Crippen LogP contribution in [0.2, 0.25) is 0 Å². The molecule has 5 nitrogen and oxygen atoms in total. The third kappa shape index (κ3) is 2.66. The Morgan fingerprint density at radius 3 is 2.70 bits per heavy atom. The molecule has 2 rings (SSSR count). The minimum absolute atomic E-state index is 0.0665. The highest BCUT2D eigenvalue weighted by Gasteiger charge is 2.25. The first kappa shape index (κ1) is 14.1. The molecular formula is C15H18N2O3. The number of carbonyl (C=O) groups is 2. The molecule has 0 unspecified atom stereocenters. The predicted molar refractivity (Wildman–Crippen MR) is 76.6 cm³/mol. The van der Waals surface area contributed by atoms with E-state index in [-0.39, 0.29) is 5.78 Å². The summed E-state index contributed by atoms with van der Waals surface area (Å²) in [5, 5.41) is 1.07. The molecule has 0 fully saturated rings. The highest BCUT2D eigenvalue weighted by Crippen LogP contribution is 2.20. The number of hydrogen-bond donors (Lipinski definition) is 1. The minimum Gasteiger partial charge on any atom is -0.453 e. The summed E-state index contributed by atoms with van der Waals surface area (Å²) in [7, 11) is 2.88. The Morgan fingerprint density at radius 2 is 2.05 bits per heavy atom. The smallest absolute Gasteiger partial charge is 0.409 e. The van der Waals surface area contributed by atoms with Crippen LogP contribution in [0.3, 0.4) is 0 Å². The Labute approximate surface area is 117 Å². The Hall–Kier alpha value is -2.30. The van der Waals surface area contributed by atoms with Crippen molar-refractivity contribution in [1.29, 1.82) is 0 Å². The van der Waals surface area contributed by atoms with Gasteiger partial charge in [-0.25, -0.2) is 4.79 Å². The Morgan fingerprint density at radius 1 is 1.35 bits per heavy atom. The second-order valence-electron chi connectivity index (χ2n) is 4.77. The molecule has 0 bridgehead atoms. The van der Waals surface area contributed by atoms with Crippen LogP contribution in [-0.4, -0.2) is 42.0 Å². The standard InChI is InChI=1S/C15H18N2O3/c1-10(18)14(17(2)15(19)20-3)8-11-9-16-13-7-5-4-6-12(11)13/h4-7,9,14,16H,8H2,1-3H3/t14-/m0/s1. The molecular weight excluding hydrogens is 256 g/mol. The summed E-state index contributed by atoms with van der Waals surface area (Å²) in [5.74, 6) is -0.0665. The van der Waals surface area contributed by atoms with E-state index in [9.17, 15) is 9.59 Å². The molecule has 106 valence electrons. The van der Waals surface area contributed by atoms with Crippen LogP contribution in [0.1, 0.15) is 12.5 Å². The average molecular weight is 274 g/mol. The van der Waals surface area contributed by atoms with Crippen LogP contribution >= 0.6 is 0 Å². The zero-order valence-electron chi connectivity index (χ0n) is 11.8. The van der Waals surface area contributed by atoms with Crippen molar-refractivity contribution >= 4 is 22.8 Å². The van der Waals surface area contributed by atoms with Gasteiger partial charge in [0.2, 0.25) is 0 Å². The molecule has 1 N–H and O–H groups in total. The second-order valence-corrected chi connectivity index (χ2v) is 4.77. The third-order valence-corrected chi connectivity index (χ3v) is 3.49. The summed E-state index contributed by atoms with van der Waals surface area (Å²) in [6.45, 7) is 1.49. The van der Waals surface area contributed by atoms with Crippen LogP contribution in [0.4, 0.5) is 4.79 Å². The van der Waals surface area contributed by atoms with Crippen molar-refractivity contribution in [3.8, 4) is 0 Å². The summed E-state index contributed by atoms with van der Waals surface area (Å²) in [5.41, 5.74) is 2.03. The zero-order chi connectivity index (χ0) is 14.7. The van der Waals surface area contributed by atoms with Gasteiger partial charge in [0, 0.05) is 30.6 Å². The van der Waals surface area contributed by atoms with Gasteiger partial charge in [0.25, 0.3) is 0 Å². The topological polar surface area (TPSA) is 62.4 Å². The van der Waals surface area contributed by atoms with Gasteiger partial charge in [0.15, 0.2) is 5.78 Å². The number of fused-ring (bicyclic) bond motifs is 1. The number of ether oxygens (including phenoxy) is 1. The van der Waals surface area contributed by atoms with E-state index in [1.165, 1.54) is 18.9 Å². The highest BCUT2D eigenvalue weighted by molar-refractivity contribution is 5.88. The molecule has 0 radical (unpaired) electrons. The number of nitrogens with zero attached hydrogens (tertiary/aromatic N) is 1. The van der Waals surface area contributed by atoms with Crippen LogP contribution in [0.5, 0.6) is 0 Å². The van der Waals surface area contributed by atoms with E-state index >= 15 is 0 Å². The Bertz CT molecular complexity index is 633. The first-order valence-electron chi connectivity index (χ1n) is 6.40. The van der Waals surface area contributed by atoms with Gasteiger partial charge in [-0.1, -0.05) is 18.2 Å². The second kappa shape index (κ2) is 5.77. The van der Waals surface area contributed by atoms with Crippen molar-refractivity contribution < 1.29 is 14.3 Å².